The van der Waals surface area contributed by atoms with Crippen LogP contribution in [0.3, 0.4) is 0 Å². The molecule has 0 bridgehead atoms. The van der Waals surface area contributed by atoms with Gasteiger partial charge in [-0.2, -0.15) is 0 Å². The molecule has 4 N–H and O–H groups in total. The lowest BCUT2D eigenvalue weighted by Crippen LogP contribution is -2.38. The first-order valence-corrected chi connectivity index (χ1v) is 15.9. The van der Waals surface area contributed by atoms with E-state index in [4.69, 9.17) is 5.73 Å². The molecule has 1 heterocycles. The van der Waals surface area contributed by atoms with Crippen LogP contribution in [0.2, 0.25) is 19.6 Å². The number of amides is 2. The molecule has 2 amide bonds. The molecule has 0 unspecified atom stereocenters. The lowest BCUT2D eigenvalue weighted by Gasteiger charge is -2.21. The van der Waals surface area contributed by atoms with Crippen molar-refractivity contribution in [1.82, 2.24) is 9.88 Å². The van der Waals surface area contributed by atoms with Crippen molar-refractivity contribution in [2.75, 3.05) is 11.1 Å². The van der Waals surface area contributed by atoms with Gasteiger partial charge in [0, 0.05) is 24.5 Å². The van der Waals surface area contributed by atoms with E-state index in [-0.39, 0.29) is 19.0 Å². The molecule has 3 aromatic carbocycles. The van der Waals surface area contributed by atoms with E-state index in [1.807, 2.05) is 48.7 Å². The van der Waals surface area contributed by atoms with Crippen molar-refractivity contribution in [3.05, 3.63) is 108 Å². The Labute approximate surface area is 224 Å². The largest absolute Gasteiger partial charge is 0.465 e. The Bertz CT molecular complexity index is 1430. The van der Waals surface area contributed by atoms with Gasteiger partial charge in [0.05, 0.1) is 26.0 Å². The number of hydrogen-bond acceptors (Lipinski definition) is 4. The van der Waals surface area contributed by atoms with Gasteiger partial charge in [0.25, 0.3) is 5.91 Å². The fraction of sp³-hybridized carbons (Fsp3) is 0.167. The fourth-order valence-electron chi connectivity index (χ4n) is 4.05. The number of carbonyl (C=O) groups is 2. The van der Waals surface area contributed by atoms with Gasteiger partial charge in [0.2, 0.25) is 0 Å². The molecule has 0 aliphatic heterocycles. The van der Waals surface area contributed by atoms with E-state index < -0.39 is 14.2 Å². The van der Waals surface area contributed by atoms with Gasteiger partial charge >= 0.3 is 6.09 Å². The molecule has 1 aromatic heterocycles. The molecule has 8 heteroatoms. The van der Waals surface area contributed by atoms with E-state index in [0.717, 1.165) is 22.3 Å². The van der Waals surface area contributed by atoms with Crippen LogP contribution in [0.4, 0.5) is 16.2 Å². The zero-order valence-corrected chi connectivity index (χ0v) is 22.8. The number of rotatable bonds is 8. The first kappa shape index (κ1) is 26.6. The van der Waals surface area contributed by atoms with Crippen molar-refractivity contribution >= 4 is 36.6 Å². The van der Waals surface area contributed by atoms with Gasteiger partial charge in [-0.05, 0) is 51.7 Å². The molecule has 0 aliphatic rings. The van der Waals surface area contributed by atoms with Crippen molar-refractivity contribution in [2.45, 2.75) is 32.7 Å². The average molecular weight is 525 g/mol. The monoisotopic (exact) mass is 524 g/mol. The van der Waals surface area contributed by atoms with Crippen molar-refractivity contribution < 1.29 is 14.7 Å². The van der Waals surface area contributed by atoms with E-state index in [1.165, 1.54) is 10.1 Å². The van der Waals surface area contributed by atoms with Crippen LogP contribution in [-0.2, 0) is 13.1 Å². The topological polar surface area (TPSA) is 109 Å². The van der Waals surface area contributed by atoms with Crippen molar-refractivity contribution in [1.29, 1.82) is 0 Å². The number of nitrogen functional groups attached to an aromatic ring is 1. The first-order valence-electron chi connectivity index (χ1n) is 12.4. The lowest BCUT2D eigenvalue weighted by molar-refractivity contribution is 0.102. The van der Waals surface area contributed by atoms with Gasteiger partial charge in [-0.25, -0.2) is 4.79 Å². The van der Waals surface area contributed by atoms with E-state index in [2.05, 4.69) is 36.0 Å². The van der Waals surface area contributed by atoms with Gasteiger partial charge in [-0.15, -0.1) is 0 Å². The van der Waals surface area contributed by atoms with Gasteiger partial charge in [0.1, 0.15) is 0 Å². The second-order valence-electron chi connectivity index (χ2n) is 10.3. The summed E-state index contributed by atoms with van der Waals surface area (Å²) in [5.41, 5.74) is 11.2. The van der Waals surface area contributed by atoms with Gasteiger partial charge in [0.15, 0.2) is 0 Å². The number of aromatic nitrogens is 1. The summed E-state index contributed by atoms with van der Waals surface area (Å²) in [4.78, 5) is 30.6. The minimum Gasteiger partial charge on any atom is -0.465 e. The molecule has 38 heavy (non-hydrogen) atoms. The van der Waals surface area contributed by atoms with Gasteiger partial charge < -0.3 is 16.2 Å². The van der Waals surface area contributed by atoms with Crippen LogP contribution in [0.15, 0.2) is 91.3 Å². The molecular formula is C30H32N4O3Si. The molecule has 4 aromatic rings. The minimum absolute atomic E-state index is 0.195. The van der Waals surface area contributed by atoms with Gasteiger partial charge in [-0.1, -0.05) is 74.2 Å². The van der Waals surface area contributed by atoms with Crippen molar-refractivity contribution in [3.63, 3.8) is 0 Å². The number of nitrogens with two attached hydrogens (primary N) is 1. The number of anilines is 2. The van der Waals surface area contributed by atoms with E-state index in [1.54, 1.807) is 36.5 Å². The summed E-state index contributed by atoms with van der Waals surface area (Å²) in [5, 5.41) is 13.9. The predicted molar refractivity (Wildman–Crippen MR) is 155 cm³/mol. The standard InChI is InChI=1S/C30H32N4O3Si/c1-38(2,3)26-15-22(17-32-18-26)20-34(30(36)37)19-21-9-11-24(12-10-21)29(35)33-28-16-25(13-14-27(28)31)23-7-5-4-6-8-23/h4-18H,19-20,31H2,1-3H3,(H,33,35)(H,36,37). The van der Waals surface area contributed by atoms with Gasteiger partial charge in [-0.3, -0.25) is 14.7 Å². The zero-order chi connectivity index (χ0) is 27.3. The van der Waals surface area contributed by atoms with Crippen LogP contribution in [0.5, 0.6) is 0 Å². The highest BCUT2D eigenvalue weighted by Gasteiger charge is 2.19. The van der Waals surface area contributed by atoms with Crippen molar-refractivity contribution in [3.8, 4) is 11.1 Å². The molecule has 0 fully saturated rings. The molecule has 0 saturated heterocycles. The Balaban J connectivity index is 1.44. The number of pyridine rings is 1. The molecule has 0 spiro atoms. The third-order valence-electron chi connectivity index (χ3n) is 6.30. The lowest BCUT2D eigenvalue weighted by atomic mass is 10.0. The van der Waals surface area contributed by atoms with Crippen LogP contribution in [-0.4, -0.2) is 35.1 Å². The van der Waals surface area contributed by atoms with Crippen LogP contribution in [0, 0.1) is 0 Å². The molecule has 0 saturated carbocycles. The maximum Gasteiger partial charge on any atom is 0.407 e. The van der Waals surface area contributed by atoms with E-state index in [9.17, 15) is 14.7 Å². The maximum absolute atomic E-state index is 12.9. The highest BCUT2D eigenvalue weighted by Crippen LogP contribution is 2.27. The average Bonchev–Trinajstić information content (AvgIpc) is 2.90. The number of nitrogens with zero attached hydrogens (tertiary/aromatic N) is 2. The summed E-state index contributed by atoms with van der Waals surface area (Å²) in [6.07, 6.45) is 2.57. The number of nitrogens with one attached hydrogen (secondary N) is 1. The normalized spacial score (nSPS) is 11.1. The third-order valence-corrected chi connectivity index (χ3v) is 8.31. The Morgan fingerprint density at radius 1 is 0.868 bits per heavy atom. The fourth-order valence-corrected chi connectivity index (χ4v) is 5.13. The molecule has 7 nitrogen and oxygen atoms in total. The number of hydrogen-bond donors (Lipinski definition) is 3. The molecule has 4 rings (SSSR count). The summed E-state index contributed by atoms with van der Waals surface area (Å²) < 4.78 is 0. The number of carbonyl (C=O) groups excluding carboxylic acids is 1. The second kappa shape index (κ2) is 11.3. The third kappa shape index (κ3) is 6.66. The summed E-state index contributed by atoms with van der Waals surface area (Å²) in [6, 6.07) is 24.4. The van der Waals surface area contributed by atoms with Crippen LogP contribution >= 0.6 is 0 Å². The number of carboxylic acid groups (broad SMARTS) is 1. The minimum atomic E-state index is -1.56. The van der Waals surface area contributed by atoms with E-state index in [0.29, 0.717) is 16.9 Å². The van der Waals surface area contributed by atoms with Crippen molar-refractivity contribution in [2.24, 2.45) is 0 Å². The second-order valence-corrected chi connectivity index (χ2v) is 15.4. The first-order chi connectivity index (χ1) is 18.1. The summed E-state index contributed by atoms with van der Waals surface area (Å²) >= 11 is 0. The summed E-state index contributed by atoms with van der Waals surface area (Å²) in [6.45, 7) is 7.12. The maximum atomic E-state index is 12.9. The Morgan fingerprint density at radius 2 is 1.55 bits per heavy atom. The van der Waals surface area contributed by atoms with Crippen LogP contribution in [0.1, 0.15) is 21.5 Å². The highest BCUT2D eigenvalue weighted by atomic mass is 28.3. The smallest absolute Gasteiger partial charge is 0.407 e. The predicted octanol–water partition coefficient (Wildman–Crippen LogP) is 5.81. The Kier molecular flexibility index (Phi) is 7.92. The Hall–Kier alpha value is -4.43. The summed E-state index contributed by atoms with van der Waals surface area (Å²) in [7, 11) is -1.56. The SMILES string of the molecule is C[Si](C)(C)c1cncc(CN(Cc2ccc(C(=O)Nc3cc(-c4ccccc4)ccc3N)cc2)C(=O)O)c1. The van der Waals surface area contributed by atoms with E-state index >= 15 is 0 Å². The number of benzene rings is 3. The quantitative estimate of drug-likeness (QED) is 0.199. The molecule has 0 aliphatic carbocycles. The summed E-state index contributed by atoms with van der Waals surface area (Å²) in [5.74, 6) is -0.294. The van der Waals surface area contributed by atoms with Crippen LogP contribution in [0.25, 0.3) is 11.1 Å². The molecule has 194 valence electrons. The highest BCUT2D eigenvalue weighted by molar-refractivity contribution is 6.88. The van der Waals surface area contributed by atoms with Crippen LogP contribution < -0.4 is 16.2 Å². The zero-order valence-electron chi connectivity index (χ0n) is 21.8. The Morgan fingerprint density at radius 3 is 2.21 bits per heavy atom. The molecular weight excluding hydrogens is 492 g/mol. The molecule has 0 radical (unpaired) electrons. The molecule has 0 atom stereocenters.